The number of benzene rings is 2. The molecular weight excluding hydrogens is 287 g/mol. The van der Waals surface area contributed by atoms with Gasteiger partial charge in [0.15, 0.2) is 0 Å². The Morgan fingerprint density at radius 2 is 1.69 bits per heavy atom. The Morgan fingerprint density at radius 3 is 2.38 bits per heavy atom. The molecule has 0 aliphatic rings. The zero-order chi connectivity index (χ0) is 11.4. The summed E-state index contributed by atoms with van der Waals surface area (Å²) < 4.78 is 14.4. The van der Waals surface area contributed by atoms with Gasteiger partial charge in [0.1, 0.15) is 5.82 Å². The zero-order valence-corrected chi connectivity index (χ0v) is 10.9. The van der Waals surface area contributed by atoms with Crippen LogP contribution < -0.4 is 0 Å². The summed E-state index contributed by atoms with van der Waals surface area (Å²) in [6.07, 6.45) is 0. The molecule has 0 atom stereocenters. The molecule has 0 N–H and O–H groups in total. The number of thioether (sulfide) groups is 1. The van der Waals surface area contributed by atoms with Gasteiger partial charge in [-0.25, -0.2) is 4.39 Å². The number of halogens is 2. The molecule has 0 aliphatic heterocycles. The number of hydrogen-bond acceptors (Lipinski definition) is 1. The van der Waals surface area contributed by atoms with E-state index < -0.39 is 0 Å². The second-order valence-electron chi connectivity index (χ2n) is 3.35. The summed E-state index contributed by atoms with van der Waals surface area (Å²) in [6, 6.07) is 14.9. The Bertz CT molecular complexity index is 468. The number of hydrogen-bond donors (Lipinski definition) is 0. The van der Waals surface area contributed by atoms with Gasteiger partial charge in [0.05, 0.1) is 0 Å². The van der Waals surface area contributed by atoms with Gasteiger partial charge in [-0.1, -0.05) is 40.2 Å². The molecule has 2 rings (SSSR count). The van der Waals surface area contributed by atoms with E-state index >= 15 is 0 Å². The lowest BCUT2D eigenvalue weighted by atomic mass is 10.2. The Balaban J connectivity index is 2.02. The molecule has 0 bridgehead atoms. The van der Waals surface area contributed by atoms with E-state index in [2.05, 4.69) is 15.9 Å². The number of rotatable bonds is 3. The molecule has 0 saturated heterocycles. The largest absolute Gasteiger partial charge is 0.206 e. The normalized spacial score (nSPS) is 10.4. The standard InChI is InChI=1S/C13H10BrFS/c14-11-7-5-10(6-8-11)9-16-13-4-2-1-3-12(13)15/h1-8H,9H2. The Hall–Kier alpha value is -0.800. The minimum absolute atomic E-state index is 0.149. The molecule has 0 nitrogen and oxygen atoms in total. The summed E-state index contributed by atoms with van der Waals surface area (Å²) in [4.78, 5) is 0.699. The second kappa shape index (κ2) is 5.51. The molecule has 0 heterocycles. The summed E-state index contributed by atoms with van der Waals surface area (Å²) in [7, 11) is 0. The molecule has 0 amide bonds. The predicted molar refractivity (Wildman–Crippen MR) is 70.1 cm³/mol. The molecule has 0 aliphatic carbocycles. The van der Waals surface area contributed by atoms with Crippen LogP contribution in [0, 0.1) is 5.82 Å². The zero-order valence-electron chi connectivity index (χ0n) is 8.49. The molecular formula is C13H10BrFS. The topological polar surface area (TPSA) is 0 Å². The first-order valence-corrected chi connectivity index (χ1v) is 6.65. The molecule has 0 unspecified atom stereocenters. The maximum Gasteiger partial charge on any atom is 0.136 e. The third kappa shape index (κ3) is 3.09. The van der Waals surface area contributed by atoms with Crippen LogP contribution in [0.2, 0.25) is 0 Å². The van der Waals surface area contributed by atoms with Crippen LogP contribution in [0.1, 0.15) is 5.56 Å². The Morgan fingerprint density at radius 1 is 1.00 bits per heavy atom. The predicted octanol–water partition coefficient (Wildman–Crippen LogP) is 4.88. The summed E-state index contributed by atoms with van der Waals surface area (Å²) in [6.45, 7) is 0. The van der Waals surface area contributed by atoms with Crippen molar-refractivity contribution in [2.24, 2.45) is 0 Å². The molecule has 2 aromatic rings. The van der Waals surface area contributed by atoms with Crippen molar-refractivity contribution in [3.8, 4) is 0 Å². The lowest BCUT2D eigenvalue weighted by molar-refractivity contribution is 0.602. The molecule has 16 heavy (non-hydrogen) atoms. The van der Waals surface area contributed by atoms with Crippen LogP contribution in [-0.4, -0.2) is 0 Å². The van der Waals surface area contributed by atoms with Crippen molar-refractivity contribution in [2.75, 3.05) is 0 Å². The van der Waals surface area contributed by atoms with E-state index in [0.717, 1.165) is 10.2 Å². The lowest BCUT2D eigenvalue weighted by Crippen LogP contribution is -1.83. The van der Waals surface area contributed by atoms with E-state index in [-0.39, 0.29) is 5.82 Å². The van der Waals surface area contributed by atoms with Crippen molar-refractivity contribution in [3.63, 3.8) is 0 Å². The minimum Gasteiger partial charge on any atom is -0.206 e. The van der Waals surface area contributed by atoms with E-state index in [9.17, 15) is 4.39 Å². The highest BCUT2D eigenvalue weighted by Crippen LogP contribution is 2.25. The first-order chi connectivity index (χ1) is 7.75. The first-order valence-electron chi connectivity index (χ1n) is 4.87. The average molecular weight is 297 g/mol. The molecule has 0 aromatic heterocycles. The van der Waals surface area contributed by atoms with Gasteiger partial charge in [-0.2, -0.15) is 0 Å². The van der Waals surface area contributed by atoms with Crippen molar-refractivity contribution in [2.45, 2.75) is 10.6 Å². The van der Waals surface area contributed by atoms with E-state index in [1.165, 1.54) is 23.4 Å². The third-order valence-corrected chi connectivity index (χ3v) is 3.79. The molecule has 0 spiro atoms. The SMILES string of the molecule is Fc1ccccc1SCc1ccc(Br)cc1. The van der Waals surface area contributed by atoms with Gasteiger partial charge in [-0.15, -0.1) is 11.8 Å². The second-order valence-corrected chi connectivity index (χ2v) is 5.28. The van der Waals surface area contributed by atoms with Gasteiger partial charge < -0.3 is 0 Å². The van der Waals surface area contributed by atoms with Gasteiger partial charge in [-0.05, 0) is 29.8 Å². The van der Waals surface area contributed by atoms with Crippen LogP contribution in [-0.2, 0) is 5.75 Å². The molecule has 0 fully saturated rings. The molecule has 3 heteroatoms. The van der Waals surface area contributed by atoms with Crippen LogP contribution in [0.3, 0.4) is 0 Å². The maximum absolute atomic E-state index is 13.3. The van der Waals surface area contributed by atoms with Crippen LogP contribution in [0.4, 0.5) is 4.39 Å². The van der Waals surface area contributed by atoms with E-state index in [4.69, 9.17) is 0 Å². The fraction of sp³-hybridized carbons (Fsp3) is 0.0769. The highest BCUT2D eigenvalue weighted by atomic mass is 79.9. The summed E-state index contributed by atoms with van der Waals surface area (Å²) >= 11 is 4.90. The van der Waals surface area contributed by atoms with Gasteiger partial charge in [-0.3, -0.25) is 0 Å². The summed E-state index contributed by atoms with van der Waals surface area (Å²) in [5, 5.41) is 0. The highest BCUT2D eigenvalue weighted by Gasteiger charge is 2.01. The summed E-state index contributed by atoms with van der Waals surface area (Å²) in [5.74, 6) is 0.637. The van der Waals surface area contributed by atoms with Crippen molar-refractivity contribution < 1.29 is 4.39 Å². The fourth-order valence-corrected chi connectivity index (χ4v) is 2.46. The average Bonchev–Trinajstić information content (AvgIpc) is 2.30. The molecule has 0 saturated carbocycles. The quantitative estimate of drug-likeness (QED) is 0.728. The first kappa shape index (κ1) is 11.7. The lowest BCUT2D eigenvalue weighted by Gasteiger charge is -2.03. The van der Waals surface area contributed by atoms with Crippen molar-refractivity contribution in [1.29, 1.82) is 0 Å². The molecule has 82 valence electrons. The maximum atomic E-state index is 13.3. The van der Waals surface area contributed by atoms with Crippen molar-refractivity contribution in [1.82, 2.24) is 0 Å². The van der Waals surface area contributed by atoms with Gasteiger partial charge in [0.2, 0.25) is 0 Å². The van der Waals surface area contributed by atoms with Gasteiger partial charge in [0.25, 0.3) is 0 Å². The fourth-order valence-electron chi connectivity index (χ4n) is 1.30. The van der Waals surface area contributed by atoms with Crippen LogP contribution in [0.5, 0.6) is 0 Å². The Labute approximate surface area is 107 Å². The van der Waals surface area contributed by atoms with E-state index in [1.807, 2.05) is 30.3 Å². The van der Waals surface area contributed by atoms with Crippen molar-refractivity contribution >= 4 is 27.7 Å². The van der Waals surface area contributed by atoms with Crippen LogP contribution in [0.25, 0.3) is 0 Å². The summed E-state index contributed by atoms with van der Waals surface area (Å²) in [5.41, 5.74) is 1.19. The van der Waals surface area contributed by atoms with E-state index in [1.54, 1.807) is 12.1 Å². The molecule has 0 radical (unpaired) electrons. The third-order valence-electron chi connectivity index (χ3n) is 2.14. The van der Waals surface area contributed by atoms with Crippen molar-refractivity contribution in [3.05, 3.63) is 64.4 Å². The molecule has 2 aromatic carbocycles. The van der Waals surface area contributed by atoms with Gasteiger partial charge in [0, 0.05) is 15.1 Å². The highest BCUT2D eigenvalue weighted by molar-refractivity contribution is 9.10. The smallest absolute Gasteiger partial charge is 0.136 e. The van der Waals surface area contributed by atoms with Gasteiger partial charge >= 0.3 is 0 Å². The van der Waals surface area contributed by atoms with E-state index in [0.29, 0.717) is 4.90 Å². The van der Waals surface area contributed by atoms with Crippen LogP contribution in [0.15, 0.2) is 57.9 Å². The monoisotopic (exact) mass is 296 g/mol. The Kier molecular flexibility index (Phi) is 4.02. The minimum atomic E-state index is -0.149. The van der Waals surface area contributed by atoms with Crippen LogP contribution >= 0.6 is 27.7 Å².